The average Bonchev–Trinajstić information content (AvgIpc) is 2.47. The molecule has 0 aliphatic carbocycles. The molecule has 0 radical (unpaired) electrons. The van der Waals surface area contributed by atoms with Crippen LogP contribution in [0.25, 0.3) is 0 Å². The second-order valence-electron chi connectivity index (χ2n) is 4.24. The van der Waals surface area contributed by atoms with Gasteiger partial charge in [-0.3, -0.25) is 9.59 Å². The van der Waals surface area contributed by atoms with Crippen LogP contribution in [0.2, 0.25) is 5.02 Å². The van der Waals surface area contributed by atoms with Gasteiger partial charge in [0.05, 0.1) is 5.56 Å². The number of halogens is 1. The molecule has 3 nitrogen and oxygen atoms in total. The first-order valence-corrected chi connectivity index (χ1v) is 6.68. The first-order valence-electron chi connectivity index (χ1n) is 6.31. The third kappa shape index (κ3) is 3.06. The van der Waals surface area contributed by atoms with Crippen LogP contribution in [0.15, 0.2) is 48.5 Å². The standard InChI is InChI=1S/C16H14ClNO2/c1-2-18-16(20)14-6-4-3-5-13(14)15(19)11-7-9-12(17)10-8-11/h3-10H,2H2,1H3,(H,18,20). The molecule has 0 saturated carbocycles. The van der Waals surface area contributed by atoms with Gasteiger partial charge in [-0.15, -0.1) is 0 Å². The van der Waals surface area contributed by atoms with Gasteiger partial charge in [-0.2, -0.15) is 0 Å². The smallest absolute Gasteiger partial charge is 0.252 e. The van der Waals surface area contributed by atoms with E-state index in [4.69, 9.17) is 11.6 Å². The second-order valence-corrected chi connectivity index (χ2v) is 4.68. The number of amides is 1. The highest BCUT2D eigenvalue weighted by atomic mass is 35.5. The van der Waals surface area contributed by atoms with Crippen molar-refractivity contribution in [1.29, 1.82) is 0 Å². The molecule has 0 bridgehead atoms. The Morgan fingerprint density at radius 2 is 1.60 bits per heavy atom. The lowest BCUT2D eigenvalue weighted by Crippen LogP contribution is -2.25. The van der Waals surface area contributed by atoms with E-state index in [1.54, 1.807) is 48.5 Å². The van der Waals surface area contributed by atoms with E-state index in [-0.39, 0.29) is 11.7 Å². The van der Waals surface area contributed by atoms with Crippen LogP contribution in [0.5, 0.6) is 0 Å². The zero-order valence-corrected chi connectivity index (χ0v) is 11.8. The fraction of sp³-hybridized carbons (Fsp3) is 0.125. The lowest BCUT2D eigenvalue weighted by atomic mass is 9.98. The minimum Gasteiger partial charge on any atom is -0.352 e. The Bertz CT molecular complexity index is 635. The Hall–Kier alpha value is -2.13. The monoisotopic (exact) mass is 287 g/mol. The fourth-order valence-corrected chi connectivity index (χ4v) is 2.02. The summed E-state index contributed by atoms with van der Waals surface area (Å²) in [5.41, 5.74) is 1.28. The predicted molar refractivity (Wildman–Crippen MR) is 79.3 cm³/mol. The fourth-order valence-electron chi connectivity index (χ4n) is 1.89. The van der Waals surface area contributed by atoms with Crippen molar-refractivity contribution in [2.24, 2.45) is 0 Å². The molecule has 2 rings (SSSR count). The van der Waals surface area contributed by atoms with E-state index in [9.17, 15) is 9.59 Å². The van der Waals surface area contributed by atoms with Crippen LogP contribution in [0, 0.1) is 0 Å². The number of nitrogens with one attached hydrogen (secondary N) is 1. The lowest BCUT2D eigenvalue weighted by molar-refractivity contribution is 0.0944. The summed E-state index contributed by atoms with van der Waals surface area (Å²) in [6.45, 7) is 2.35. The third-order valence-corrected chi connectivity index (χ3v) is 3.11. The minimum atomic E-state index is -0.245. The van der Waals surface area contributed by atoms with E-state index in [2.05, 4.69) is 5.32 Å². The van der Waals surface area contributed by atoms with Gasteiger partial charge in [-0.25, -0.2) is 0 Å². The number of hydrogen-bond donors (Lipinski definition) is 1. The summed E-state index contributed by atoms with van der Waals surface area (Å²) in [6, 6.07) is 13.4. The van der Waals surface area contributed by atoms with Crippen LogP contribution in [0.4, 0.5) is 0 Å². The largest absolute Gasteiger partial charge is 0.352 e. The van der Waals surface area contributed by atoms with E-state index < -0.39 is 0 Å². The Balaban J connectivity index is 2.39. The molecule has 0 saturated heterocycles. The zero-order chi connectivity index (χ0) is 14.5. The van der Waals surface area contributed by atoms with Gasteiger partial charge >= 0.3 is 0 Å². The van der Waals surface area contributed by atoms with Crippen LogP contribution in [0.3, 0.4) is 0 Å². The van der Waals surface area contributed by atoms with Gasteiger partial charge in [-0.1, -0.05) is 29.8 Å². The maximum Gasteiger partial charge on any atom is 0.252 e. The molecule has 0 heterocycles. The van der Waals surface area contributed by atoms with Crippen LogP contribution in [0.1, 0.15) is 33.2 Å². The average molecular weight is 288 g/mol. The van der Waals surface area contributed by atoms with Crippen LogP contribution in [-0.4, -0.2) is 18.2 Å². The second kappa shape index (κ2) is 6.35. The van der Waals surface area contributed by atoms with Gasteiger partial charge in [0.1, 0.15) is 0 Å². The molecule has 1 amide bonds. The van der Waals surface area contributed by atoms with Gasteiger partial charge in [0, 0.05) is 22.7 Å². The molecule has 0 spiro atoms. The highest BCUT2D eigenvalue weighted by Gasteiger charge is 2.17. The molecule has 102 valence electrons. The number of carbonyl (C=O) groups excluding carboxylic acids is 2. The predicted octanol–water partition coefficient (Wildman–Crippen LogP) is 3.32. The highest BCUT2D eigenvalue weighted by molar-refractivity contribution is 6.30. The van der Waals surface area contributed by atoms with E-state index in [1.807, 2.05) is 6.92 Å². The molecule has 0 unspecified atom stereocenters. The summed E-state index contributed by atoms with van der Waals surface area (Å²) in [5.74, 6) is -0.436. The molecule has 2 aromatic rings. The van der Waals surface area contributed by atoms with Crippen molar-refractivity contribution in [3.8, 4) is 0 Å². The summed E-state index contributed by atoms with van der Waals surface area (Å²) >= 11 is 5.81. The zero-order valence-electron chi connectivity index (χ0n) is 11.0. The summed E-state index contributed by atoms with van der Waals surface area (Å²) in [4.78, 5) is 24.4. The molecule has 0 atom stereocenters. The first-order chi connectivity index (χ1) is 9.63. The molecule has 0 aliphatic rings. The van der Waals surface area contributed by atoms with Crippen molar-refractivity contribution < 1.29 is 9.59 Å². The minimum absolute atomic E-state index is 0.191. The molecule has 1 N–H and O–H groups in total. The molecule has 0 aliphatic heterocycles. The van der Waals surface area contributed by atoms with Gasteiger partial charge < -0.3 is 5.32 Å². The first kappa shape index (κ1) is 14.3. The van der Waals surface area contributed by atoms with Crippen LogP contribution in [-0.2, 0) is 0 Å². The summed E-state index contributed by atoms with van der Waals surface area (Å²) < 4.78 is 0. The van der Waals surface area contributed by atoms with Crippen molar-refractivity contribution in [2.75, 3.05) is 6.54 Å². The van der Waals surface area contributed by atoms with Gasteiger partial charge in [0.2, 0.25) is 0 Å². The van der Waals surface area contributed by atoms with E-state index in [0.29, 0.717) is 28.3 Å². The van der Waals surface area contributed by atoms with Crippen molar-refractivity contribution in [3.63, 3.8) is 0 Å². The molecule has 2 aromatic carbocycles. The summed E-state index contributed by atoms with van der Waals surface area (Å²) in [7, 11) is 0. The maximum atomic E-state index is 12.5. The molecular weight excluding hydrogens is 274 g/mol. The van der Waals surface area contributed by atoms with Crippen molar-refractivity contribution >= 4 is 23.3 Å². The van der Waals surface area contributed by atoms with Crippen molar-refractivity contribution in [2.45, 2.75) is 6.92 Å². The molecule has 4 heteroatoms. The highest BCUT2D eigenvalue weighted by Crippen LogP contribution is 2.17. The number of hydrogen-bond acceptors (Lipinski definition) is 2. The maximum absolute atomic E-state index is 12.5. The third-order valence-electron chi connectivity index (χ3n) is 2.86. The number of carbonyl (C=O) groups is 2. The Morgan fingerprint density at radius 3 is 2.20 bits per heavy atom. The quantitative estimate of drug-likeness (QED) is 0.877. The normalized spacial score (nSPS) is 10.1. The molecular formula is C16H14ClNO2. The topological polar surface area (TPSA) is 46.2 Å². The van der Waals surface area contributed by atoms with E-state index in [0.717, 1.165) is 0 Å². The molecule has 0 aromatic heterocycles. The Kier molecular flexibility index (Phi) is 4.53. The van der Waals surface area contributed by atoms with Crippen LogP contribution >= 0.6 is 11.6 Å². The number of benzene rings is 2. The van der Waals surface area contributed by atoms with Crippen molar-refractivity contribution in [1.82, 2.24) is 5.32 Å². The van der Waals surface area contributed by atoms with Crippen LogP contribution < -0.4 is 5.32 Å². The van der Waals surface area contributed by atoms with Gasteiger partial charge in [0.25, 0.3) is 5.91 Å². The van der Waals surface area contributed by atoms with Crippen molar-refractivity contribution in [3.05, 3.63) is 70.2 Å². The number of ketones is 1. The van der Waals surface area contributed by atoms with E-state index >= 15 is 0 Å². The lowest BCUT2D eigenvalue weighted by Gasteiger charge is -2.08. The van der Waals surface area contributed by atoms with Gasteiger partial charge in [-0.05, 0) is 37.3 Å². The Labute approximate surface area is 122 Å². The Morgan fingerprint density at radius 1 is 1.00 bits per heavy atom. The summed E-state index contributed by atoms with van der Waals surface area (Å²) in [6.07, 6.45) is 0. The molecule has 20 heavy (non-hydrogen) atoms. The number of rotatable bonds is 4. The summed E-state index contributed by atoms with van der Waals surface area (Å²) in [5, 5.41) is 3.27. The molecule has 0 fully saturated rings. The van der Waals surface area contributed by atoms with E-state index in [1.165, 1.54) is 0 Å². The van der Waals surface area contributed by atoms with Gasteiger partial charge in [0.15, 0.2) is 5.78 Å². The SMILES string of the molecule is CCNC(=O)c1ccccc1C(=O)c1ccc(Cl)cc1.